The SMILES string of the molecule is Cc1ccccc1CN(Cc1ccccc1)[C@@H](c1ccccc1)[C@H](C)C(=O)O. The van der Waals surface area contributed by atoms with Crippen molar-refractivity contribution >= 4 is 5.97 Å². The highest BCUT2D eigenvalue weighted by Gasteiger charge is 2.31. The lowest BCUT2D eigenvalue weighted by molar-refractivity contribution is -0.144. The van der Waals surface area contributed by atoms with Crippen LogP contribution >= 0.6 is 0 Å². The smallest absolute Gasteiger partial charge is 0.308 e. The maximum Gasteiger partial charge on any atom is 0.308 e. The fourth-order valence-corrected chi connectivity index (χ4v) is 3.68. The van der Waals surface area contributed by atoms with Crippen molar-refractivity contribution in [2.75, 3.05) is 0 Å². The molecule has 3 aromatic carbocycles. The van der Waals surface area contributed by atoms with E-state index in [0.717, 1.165) is 5.56 Å². The topological polar surface area (TPSA) is 40.5 Å². The number of nitrogens with zero attached hydrogens (tertiary/aromatic N) is 1. The van der Waals surface area contributed by atoms with Crippen molar-refractivity contribution < 1.29 is 9.90 Å². The molecule has 0 fully saturated rings. The van der Waals surface area contributed by atoms with Crippen LogP contribution in [0.3, 0.4) is 0 Å². The molecule has 1 N–H and O–H groups in total. The highest BCUT2D eigenvalue weighted by atomic mass is 16.4. The molecule has 0 aromatic heterocycles. The maximum atomic E-state index is 12.0. The second kappa shape index (κ2) is 9.34. The minimum absolute atomic E-state index is 0.224. The van der Waals surface area contributed by atoms with E-state index in [1.807, 2.05) is 60.7 Å². The van der Waals surface area contributed by atoms with E-state index in [9.17, 15) is 9.90 Å². The van der Waals surface area contributed by atoms with Crippen molar-refractivity contribution in [1.29, 1.82) is 0 Å². The average molecular weight is 373 g/mol. The molecular formula is C25H27NO2. The van der Waals surface area contributed by atoms with E-state index in [-0.39, 0.29) is 6.04 Å². The number of carboxylic acid groups (broad SMARTS) is 1. The summed E-state index contributed by atoms with van der Waals surface area (Å²) < 4.78 is 0. The Balaban J connectivity index is 2.02. The van der Waals surface area contributed by atoms with E-state index in [1.54, 1.807) is 6.92 Å². The lowest BCUT2D eigenvalue weighted by atomic mass is 9.91. The van der Waals surface area contributed by atoms with Crippen LogP contribution in [0.5, 0.6) is 0 Å². The number of aliphatic carboxylic acids is 1. The van der Waals surface area contributed by atoms with Crippen LogP contribution in [0.1, 0.15) is 35.2 Å². The van der Waals surface area contributed by atoms with Crippen LogP contribution in [0.2, 0.25) is 0 Å². The molecular weight excluding hydrogens is 346 g/mol. The highest BCUT2D eigenvalue weighted by molar-refractivity contribution is 5.70. The van der Waals surface area contributed by atoms with Gasteiger partial charge < -0.3 is 5.11 Å². The molecule has 3 nitrogen and oxygen atoms in total. The van der Waals surface area contributed by atoms with E-state index >= 15 is 0 Å². The lowest BCUT2D eigenvalue weighted by Gasteiger charge is -2.35. The van der Waals surface area contributed by atoms with Crippen LogP contribution in [0.4, 0.5) is 0 Å². The Labute approximate surface area is 167 Å². The van der Waals surface area contributed by atoms with E-state index in [0.29, 0.717) is 13.1 Å². The van der Waals surface area contributed by atoms with E-state index in [4.69, 9.17) is 0 Å². The van der Waals surface area contributed by atoms with Gasteiger partial charge in [0.15, 0.2) is 0 Å². The zero-order chi connectivity index (χ0) is 19.9. The van der Waals surface area contributed by atoms with E-state index in [2.05, 4.69) is 36.1 Å². The Morgan fingerprint density at radius 3 is 2.04 bits per heavy atom. The monoisotopic (exact) mass is 373 g/mol. The van der Waals surface area contributed by atoms with Crippen molar-refractivity contribution in [3.8, 4) is 0 Å². The maximum absolute atomic E-state index is 12.0. The number of carbonyl (C=O) groups is 1. The fourth-order valence-electron chi connectivity index (χ4n) is 3.68. The quantitative estimate of drug-likeness (QED) is 0.570. The number of carboxylic acids is 1. The van der Waals surface area contributed by atoms with Crippen molar-refractivity contribution in [1.82, 2.24) is 4.90 Å². The summed E-state index contributed by atoms with van der Waals surface area (Å²) in [4.78, 5) is 14.2. The van der Waals surface area contributed by atoms with Gasteiger partial charge in [-0.3, -0.25) is 9.69 Å². The number of aryl methyl sites for hydroxylation is 1. The standard InChI is InChI=1S/C25H27NO2/c1-19-11-9-10-16-23(19)18-26(17-21-12-5-3-6-13-21)24(20(2)25(27)28)22-14-7-4-8-15-22/h3-16,20,24H,17-18H2,1-2H3,(H,27,28)/t20-,24+/m0/s1. The number of rotatable bonds is 8. The molecule has 0 aliphatic carbocycles. The van der Waals surface area contributed by atoms with Crippen LogP contribution in [0, 0.1) is 12.8 Å². The first-order chi connectivity index (χ1) is 13.6. The second-order valence-electron chi connectivity index (χ2n) is 7.30. The van der Waals surface area contributed by atoms with E-state index < -0.39 is 11.9 Å². The molecule has 3 rings (SSSR count). The molecule has 2 atom stereocenters. The van der Waals surface area contributed by atoms with Crippen molar-refractivity contribution in [3.05, 3.63) is 107 Å². The van der Waals surface area contributed by atoms with Crippen LogP contribution < -0.4 is 0 Å². The molecule has 0 aliphatic rings. The van der Waals surface area contributed by atoms with Gasteiger partial charge in [0.2, 0.25) is 0 Å². The van der Waals surface area contributed by atoms with Gasteiger partial charge in [-0.05, 0) is 29.2 Å². The summed E-state index contributed by atoms with van der Waals surface area (Å²) in [5.74, 6) is -1.31. The normalized spacial score (nSPS) is 13.2. The molecule has 28 heavy (non-hydrogen) atoms. The number of hydrogen-bond donors (Lipinski definition) is 1. The summed E-state index contributed by atoms with van der Waals surface area (Å²) in [7, 11) is 0. The van der Waals surface area contributed by atoms with Crippen molar-refractivity contribution in [2.45, 2.75) is 33.0 Å². The van der Waals surface area contributed by atoms with Crippen LogP contribution in [-0.2, 0) is 17.9 Å². The largest absolute Gasteiger partial charge is 0.481 e. The van der Waals surface area contributed by atoms with Crippen molar-refractivity contribution in [3.63, 3.8) is 0 Å². The van der Waals surface area contributed by atoms with Gasteiger partial charge in [0.25, 0.3) is 0 Å². The third-order valence-electron chi connectivity index (χ3n) is 5.26. The minimum atomic E-state index is -0.781. The summed E-state index contributed by atoms with van der Waals surface area (Å²) >= 11 is 0. The lowest BCUT2D eigenvalue weighted by Crippen LogP contribution is -2.35. The molecule has 0 bridgehead atoms. The Bertz CT molecular complexity index is 893. The van der Waals surface area contributed by atoms with Crippen LogP contribution in [-0.4, -0.2) is 16.0 Å². The minimum Gasteiger partial charge on any atom is -0.481 e. The van der Waals surface area contributed by atoms with Crippen LogP contribution in [0.15, 0.2) is 84.9 Å². The Morgan fingerprint density at radius 2 is 1.43 bits per heavy atom. The summed E-state index contributed by atoms with van der Waals surface area (Å²) in [5.41, 5.74) is 4.64. The van der Waals surface area contributed by atoms with Gasteiger partial charge in [0.05, 0.1) is 5.92 Å². The summed E-state index contributed by atoms with van der Waals surface area (Å²) in [5, 5.41) is 9.82. The van der Waals surface area contributed by atoms with Gasteiger partial charge >= 0.3 is 5.97 Å². The molecule has 0 radical (unpaired) electrons. The predicted molar refractivity (Wildman–Crippen MR) is 113 cm³/mol. The molecule has 3 aromatic rings. The average Bonchev–Trinajstić information content (AvgIpc) is 2.71. The zero-order valence-corrected chi connectivity index (χ0v) is 16.5. The second-order valence-corrected chi connectivity index (χ2v) is 7.30. The third-order valence-corrected chi connectivity index (χ3v) is 5.26. The summed E-state index contributed by atoms with van der Waals surface area (Å²) in [6, 6.07) is 28.3. The van der Waals surface area contributed by atoms with Crippen molar-refractivity contribution in [2.24, 2.45) is 5.92 Å². The molecule has 0 spiro atoms. The van der Waals surface area contributed by atoms with Gasteiger partial charge in [-0.2, -0.15) is 0 Å². The van der Waals surface area contributed by atoms with Gasteiger partial charge in [-0.15, -0.1) is 0 Å². The first-order valence-electron chi connectivity index (χ1n) is 9.66. The molecule has 0 amide bonds. The fraction of sp³-hybridized carbons (Fsp3) is 0.240. The number of benzene rings is 3. The van der Waals surface area contributed by atoms with E-state index in [1.165, 1.54) is 16.7 Å². The Hall–Kier alpha value is -2.91. The van der Waals surface area contributed by atoms with Gasteiger partial charge in [-0.25, -0.2) is 0 Å². The summed E-state index contributed by atoms with van der Waals surface area (Å²) in [6.07, 6.45) is 0. The van der Waals surface area contributed by atoms with Crippen LogP contribution in [0.25, 0.3) is 0 Å². The first kappa shape index (κ1) is 19.8. The van der Waals surface area contributed by atoms with Gasteiger partial charge in [0.1, 0.15) is 0 Å². The summed E-state index contributed by atoms with van der Waals surface area (Å²) in [6.45, 7) is 5.29. The van der Waals surface area contributed by atoms with Gasteiger partial charge in [0, 0.05) is 19.1 Å². The molecule has 0 saturated heterocycles. The highest BCUT2D eigenvalue weighted by Crippen LogP contribution is 2.32. The molecule has 0 unspecified atom stereocenters. The first-order valence-corrected chi connectivity index (χ1v) is 9.66. The number of hydrogen-bond acceptors (Lipinski definition) is 2. The Morgan fingerprint density at radius 1 is 0.857 bits per heavy atom. The molecule has 0 heterocycles. The molecule has 3 heteroatoms. The molecule has 0 aliphatic heterocycles. The third kappa shape index (κ3) is 4.87. The molecule has 144 valence electrons. The van der Waals surface area contributed by atoms with Gasteiger partial charge in [-0.1, -0.05) is 91.9 Å². The Kier molecular flexibility index (Phi) is 6.62. The zero-order valence-electron chi connectivity index (χ0n) is 16.5. The predicted octanol–water partition coefficient (Wildman–Crippen LogP) is 5.46. The molecule has 0 saturated carbocycles.